The van der Waals surface area contributed by atoms with Crippen LogP contribution in [0, 0.1) is 5.82 Å². The second-order valence-corrected chi connectivity index (χ2v) is 5.21. The van der Waals surface area contributed by atoms with Crippen molar-refractivity contribution in [3.63, 3.8) is 0 Å². The lowest BCUT2D eigenvalue weighted by molar-refractivity contribution is 0.134. The molecule has 4 heteroatoms. The average molecular weight is 265 g/mol. The number of hydrogen-bond acceptors (Lipinski definition) is 3. The molecule has 1 heterocycles. The molecule has 0 spiro atoms. The Morgan fingerprint density at radius 2 is 1.74 bits per heavy atom. The van der Waals surface area contributed by atoms with Crippen molar-refractivity contribution < 1.29 is 4.39 Å². The molecule has 2 rings (SSSR count). The molecule has 1 saturated heterocycles. The minimum absolute atomic E-state index is 0.132. The maximum atomic E-state index is 13.0. The minimum Gasteiger partial charge on any atom is -0.329 e. The quantitative estimate of drug-likeness (QED) is 0.842. The molecule has 0 atom stereocenters. The summed E-state index contributed by atoms with van der Waals surface area (Å²) in [5.74, 6) is -0.132. The molecular weight excluding hydrogens is 241 g/mol. The number of piperazine rings is 1. The lowest BCUT2D eigenvalue weighted by atomic mass is 10.1. The monoisotopic (exact) mass is 265 g/mol. The Kier molecular flexibility index (Phi) is 5.76. The van der Waals surface area contributed by atoms with Gasteiger partial charge in [-0.05, 0) is 37.1 Å². The molecule has 1 fully saturated rings. The minimum atomic E-state index is -0.132. The first kappa shape index (κ1) is 14.4. The third-order valence-electron chi connectivity index (χ3n) is 3.74. The van der Waals surface area contributed by atoms with E-state index < -0.39 is 0 Å². The van der Waals surface area contributed by atoms with E-state index in [1.165, 1.54) is 6.07 Å². The van der Waals surface area contributed by atoms with E-state index >= 15 is 0 Å². The Morgan fingerprint density at radius 1 is 1.05 bits per heavy atom. The first-order valence-corrected chi connectivity index (χ1v) is 7.17. The van der Waals surface area contributed by atoms with Gasteiger partial charge < -0.3 is 10.6 Å². The zero-order valence-electron chi connectivity index (χ0n) is 11.5. The smallest absolute Gasteiger partial charge is 0.123 e. The van der Waals surface area contributed by atoms with Gasteiger partial charge in [-0.3, -0.25) is 4.90 Å². The summed E-state index contributed by atoms with van der Waals surface area (Å²) in [6.45, 7) is 7.37. The lowest BCUT2D eigenvalue weighted by Gasteiger charge is -2.34. The molecule has 0 radical (unpaired) electrons. The Morgan fingerprint density at radius 3 is 2.37 bits per heavy atom. The number of nitrogens with zero attached hydrogens (tertiary/aromatic N) is 2. The summed E-state index contributed by atoms with van der Waals surface area (Å²) in [7, 11) is 0. The van der Waals surface area contributed by atoms with Crippen molar-refractivity contribution in [3.8, 4) is 0 Å². The van der Waals surface area contributed by atoms with Crippen LogP contribution in [0.25, 0.3) is 0 Å². The predicted molar refractivity (Wildman–Crippen MR) is 76.7 cm³/mol. The van der Waals surface area contributed by atoms with Crippen molar-refractivity contribution >= 4 is 0 Å². The van der Waals surface area contributed by atoms with E-state index in [0.717, 1.165) is 64.2 Å². The SMILES string of the molecule is NCCN1CCN(CCCc2cccc(F)c2)CC1. The van der Waals surface area contributed by atoms with Gasteiger partial charge in [-0.1, -0.05) is 12.1 Å². The van der Waals surface area contributed by atoms with Gasteiger partial charge in [0.25, 0.3) is 0 Å². The standard InChI is InChI=1S/C15H24FN3/c16-15-5-1-3-14(13-15)4-2-7-18-9-11-19(8-6-17)12-10-18/h1,3,5,13H,2,4,6-12,17H2. The summed E-state index contributed by atoms with van der Waals surface area (Å²) in [6, 6.07) is 6.93. The summed E-state index contributed by atoms with van der Waals surface area (Å²) >= 11 is 0. The summed E-state index contributed by atoms with van der Waals surface area (Å²) in [5.41, 5.74) is 6.66. The highest BCUT2D eigenvalue weighted by molar-refractivity contribution is 5.16. The van der Waals surface area contributed by atoms with Gasteiger partial charge >= 0.3 is 0 Å². The zero-order valence-corrected chi connectivity index (χ0v) is 11.5. The average Bonchev–Trinajstić information content (AvgIpc) is 2.41. The number of rotatable bonds is 6. The van der Waals surface area contributed by atoms with Crippen molar-refractivity contribution in [1.29, 1.82) is 0 Å². The fraction of sp³-hybridized carbons (Fsp3) is 0.600. The number of hydrogen-bond donors (Lipinski definition) is 1. The molecule has 2 N–H and O–H groups in total. The molecule has 3 nitrogen and oxygen atoms in total. The summed E-state index contributed by atoms with van der Waals surface area (Å²) < 4.78 is 13.0. The molecule has 1 aliphatic heterocycles. The molecule has 0 aromatic heterocycles. The topological polar surface area (TPSA) is 32.5 Å². The molecule has 106 valence electrons. The number of nitrogens with two attached hydrogens (primary N) is 1. The Balaban J connectivity index is 1.64. The molecule has 19 heavy (non-hydrogen) atoms. The van der Waals surface area contributed by atoms with E-state index in [9.17, 15) is 4.39 Å². The van der Waals surface area contributed by atoms with Crippen molar-refractivity contribution in [2.75, 3.05) is 45.8 Å². The van der Waals surface area contributed by atoms with Gasteiger partial charge in [0.05, 0.1) is 0 Å². The van der Waals surface area contributed by atoms with Crippen LogP contribution in [0.3, 0.4) is 0 Å². The van der Waals surface area contributed by atoms with Gasteiger partial charge in [0.1, 0.15) is 5.82 Å². The molecule has 0 saturated carbocycles. The van der Waals surface area contributed by atoms with Gasteiger partial charge in [0.15, 0.2) is 0 Å². The highest BCUT2D eigenvalue weighted by Gasteiger charge is 2.15. The van der Waals surface area contributed by atoms with Gasteiger partial charge in [0, 0.05) is 39.3 Å². The van der Waals surface area contributed by atoms with E-state index in [-0.39, 0.29) is 5.82 Å². The van der Waals surface area contributed by atoms with Crippen LogP contribution in [0.2, 0.25) is 0 Å². The zero-order chi connectivity index (χ0) is 13.5. The lowest BCUT2D eigenvalue weighted by Crippen LogP contribution is -2.47. The third kappa shape index (κ3) is 4.90. The normalized spacial score (nSPS) is 17.8. The van der Waals surface area contributed by atoms with Crippen LogP contribution in [0.15, 0.2) is 24.3 Å². The number of benzene rings is 1. The van der Waals surface area contributed by atoms with Gasteiger partial charge in [0.2, 0.25) is 0 Å². The van der Waals surface area contributed by atoms with E-state index in [1.807, 2.05) is 6.07 Å². The number of aryl methyl sites for hydroxylation is 1. The van der Waals surface area contributed by atoms with Crippen molar-refractivity contribution in [1.82, 2.24) is 9.80 Å². The van der Waals surface area contributed by atoms with Crippen LogP contribution in [0.1, 0.15) is 12.0 Å². The van der Waals surface area contributed by atoms with E-state index in [2.05, 4.69) is 9.80 Å². The van der Waals surface area contributed by atoms with E-state index in [4.69, 9.17) is 5.73 Å². The van der Waals surface area contributed by atoms with Crippen molar-refractivity contribution in [3.05, 3.63) is 35.6 Å². The van der Waals surface area contributed by atoms with Gasteiger partial charge in [-0.2, -0.15) is 0 Å². The predicted octanol–water partition coefficient (Wildman–Crippen LogP) is 1.33. The van der Waals surface area contributed by atoms with Crippen LogP contribution in [-0.2, 0) is 6.42 Å². The van der Waals surface area contributed by atoms with Crippen LogP contribution in [-0.4, -0.2) is 55.6 Å². The van der Waals surface area contributed by atoms with Crippen LogP contribution < -0.4 is 5.73 Å². The highest BCUT2D eigenvalue weighted by Crippen LogP contribution is 2.08. The number of halogens is 1. The maximum Gasteiger partial charge on any atom is 0.123 e. The Bertz CT molecular complexity index is 375. The largest absolute Gasteiger partial charge is 0.329 e. The van der Waals surface area contributed by atoms with Crippen LogP contribution >= 0.6 is 0 Å². The van der Waals surface area contributed by atoms with E-state index in [1.54, 1.807) is 12.1 Å². The summed E-state index contributed by atoms with van der Waals surface area (Å²) in [6.07, 6.45) is 2.06. The molecule has 1 aromatic carbocycles. The Hall–Kier alpha value is -0.970. The molecule has 0 unspecified atom stereocenters. The highest BCUT2D eigenvalue weighted by atomic mass is 19.1. The molecular formula is C15H24FN3. The third-order valence-corrected chi connectivity index (χ3v) is 3.74. The molecule has 1 aliphatic rings. The summed E-state index contributed by atoms with van der Waals surface area (Å²) in [4.78, 5) is 4.91. The van der Waals surface area contributed by atoms with Crippen molar-refractivity contribution in [2.45, 2.75) is 12.8 Å². The maximum absolute atomic E-state index is 13.0. The molecule has 0 amide bonds. The second kappa shape index (κ2) is 7.58. The molecule has 1 aromatic rings. The molecule has 0 aliphatic carbocycles. The Labute approximate surface area is 115 Å². The first-order valence-electron chi connectivity index (χ1n) is 7.17. The van der Waals surface area contributed by atoms with Gasteiger partial charge in [-0.15, -0.1) is 0 Å². The fourth-order valence-electron chi connectivity index (χ4n) is 2.62. The molecule has 0 bridgehead atoms. The fourth-order valence-corrected chi connectivity index (χ4v) is 2.62. The van der Waals surface area contributed by atoms with Crippen LogP contribution in [0.5, 0.6) is 0 Å². The summed E-state index contributed by atoms with van der Waals surface area (Å²) in [5, 5.41) is 0. The second-order valence-electron chi connectivity index (χ2n) is 5.21. The van der Waals surface area contributed by atoms with E-state index in [0.29, 0.717) is 0 Å². The van der Waals surface area contributed by atoms with Crippen molar-refractivity contribution in [2.24, 2.45) is 5.73 Å². The first-order chi connectivity index (χ1) is 9.28. The van der Waals surface area contributed by atoms with Crippen LogP contribution in [0.4, 0.5) is 4.39 Å². The van der Waals surface area contributed by atoms with Gasteiger partial charge in [-0.25, -0.2) is 4.39 Å².